The molecule has 1 aliphatic heterocycles. The van der Waals surface area contributed by atoms with E-state index in [-0.39, 0.29) is 11.0 Å². The molecule has 1 radical (unpaired) electrons. The fraction of sp³-hybridized carbons (Fsp3) is 0.800. The lowest BCUT2D eigenvalue weighted by Crippen LogP contribution is -2.39. The minimum atomic E-state index is -0.285. The first-order chi connectivity index (χ1) is 5.63. The van der Waals surface area contributed by atoms with E-state index in [0.29, 0.717) is 5.92 Å². The lowest BCUT2D eigenvalue weighted by Gasteiger charge is -2.37. The van der Waals surface area contributed by atoms with E-state index >= 15 is 0 Å². The summed E-state index contributed by atoms with van der Waals surface area (Å²) in [7, 11) is 0. The standard InChI is InChI=1S/C10H14NO/c1-8-9(2)4-3-5-10(8,6-11)7-12-9/h7-8H,3-5H2,1-2H3. The van der Waals surface area contributed by atoms with Crippen molar-refractivity contribution in [2.45, 2.75) is 38.7 Å². The molecule has 0 N–H and O–H groups in total. The molecule has 1 aliphatic carbocycles. The van der Waals surface area contributed by atoms with E-state index in [2.05, 4.69) is 19.9 Å². The average Bonchev–Trinajstić information content (AvgIpc) is 2.24. The highest BCUT2D eigenvalue weighted by molar-refractivity contribution is 5.18. The second kappa shape index (κ2) is 2.23. The smallest absolute Gasteiger partial charge is 0.105 e. The lowest BCUT2D eigenvalue weighted by molar-refractivity contribution is 0.00443. The van der Waals surface area contributed by atoms with Crippen LogP contribution in [0.3, 0.4) is 0 Å². The summed E-state index contributed by atoms with van der Waals surface area (Å²) in [6.07, 6.45) is 3.18. The third kappa shape index (κ3) is 0.778. The van der Waals surface area contributed by atoms with Gasteiger partial charge in [-0.05, 0) is 26.2 Å². The van der Waals surface area contributed by atoms with Gasteiger partial charge >= 0.3 is 0 Å². The molecule has 2 fully saturated rings. The highest BCUT2D eigenvalue weighted by Gasteiger charge is 2.56. The Hall–Kier alpha value is -0.550. The van der Waals surface area contributed by atoms with Gasteiger partial charge in [-0.25, -0.2) is 0 Å². The van der Waals surface area contributed by atoms with Gasteiger partial charge in [0.15, 0.2) is 0 Å². The Bertz CT molecular complexity index is 245. The van der Waals surface area contributed by atoms with Crippen molar-refractivity contribution >= 4 is 0 Å². The minimum Gasteiger partial charge on any atom is -0.367 e. The molecule has 0 aromatic heterocycles. The fourth-order valence-electron chi connectivity index (χ4n) is 2.45. The molecule has 3 atom stereocenters. The Morgan fingerprint density at radius 1 is 1.58 bits per heavy atom. The summed E-state index contributed by atoms with van der Waals surface area (Å²) >= 11 is 0. The van der Waals surface area contributed by atoms with Crippen molar-refractivity contribution in [2.75, 3.05) is 0 Å². The zero-order valence-electron chi connectivity index (χ0n) is 7.63. The van der Waals surface area contributed by atoms with Gasteiger partial charge in [0.05, 0.1) is 17.1 Å². The number of hydrogen-bond acceptors (Lipinski definition) is 2. The van der Waals surface area contributed by atoms with Crippen LogP contribution in [0.25, 0.3) is 0 Å². The molecule has 0 spiro atoms. The van der Waals surface area contributed by atoms with E-state index in [4.69, 9.17) is 10.00 Å². The van der Waals surface area contributed by atoms with Crippen LogP contribution in [-0.2, 0) is 4.74 Å². The Morgan fingerprint density at radius 3 is 2.92 bits per heavy atom. The molecular formula is C10H14NO. The Labute approximate surface area is 73.5 Å². The van der Waals surface area contributed by atoms with Crippen LogP contribution in [0, 0.1) is 29.3 Å². The van der Waals surface area contributed by atoms with Crippen molar-refractivity contribution in [3.05, 3.63) is 6.61 Å². The number of ether oxygens (including phenoxy) is 1. The second-order valence-electron chi connectivity index (χ2n) is 4.28. The van der Waals surface area contributed by atoms with Crippen LogP contribution >= 0.6 is 0 Å². The fourth-order valence-corrected chi connectivity index (χ4v) is 2.45. The number of nitriles is 1. The predicted octanol–water partition coefficient (Wildman–Crippen LogP) is 2.27. The quantitative estimate of drug-likeness (QED) is 0.550. The third-order valence-corrected chi connectivity index (χ3v) is 3.70. The minimum absolute atomic E-state index is 0.0615. The van der Waals surface area contributed by atoms with Gasteiger partial charge in [-0.2, -0.15) is 5.26 Å². The highest BCUT2D eigenvalue weighted by Crippen LogP contribution is 2.55. The topological polar surface area (TPSA) is 33.0 Å². The summed E-state index contributed by atoms with van der Waals surface area (Å²) < 4.78 is 5.62. The molecule has 2 aliphatic rings. The van der Waals surface area contributed by atoms with Gasteiger partial charge < -0.3 is 4.74 Å². The third-order valence-electron chi connectivity index (χ3n) is 3.70. The SMILES string of the molecule is CC1C2(C#N)[CH]OC1(C)CCC2. The predicted molar refractivity (Wildman–Crippen MR) is 44.9 cm³/mol. The van der Waals surface area contributed by atoms with Crippen LogP contribution in [0.2, 0.25) is 0 Å². The van der Waals surface area contributed by atoms with E-state index in [1.54, 1.807) is 6.61 Å². The average molecular weight is 164 g/mol. The highest BCUT2D eigenvalue weighted by atomic mass is 16.5. The molecule has 0 aromatic rings. The zero-order chi connectivity index (χ0) is 8.82. The number of rotatable bonds is 0. The zero-order valence-corrected chi connectivity index (χ0v) is 7.63. The van der Waals surface area contributed by atoms with Gasteiger partial charge in [0, 0.05) is 5.92 Å². The van der Waals surface area contributed by atoms with Crippen molar-refractivity contribution in [1.82, 2.24) is 0 Å². The molecular weight excluding hydrogens is 150 g/mol. The van der Waals surface area contributed by atoms with Crippen molar-refractivity contribution in [1.29, 1.82) is 5.26 Å². The molecule has 1 heterocycles. The van der Waals surface area contributed by atoms with E-state index in [9.17, 15) is 0 Å². The van der Waals surface area contributed by atoms with Gasteiger partial charge in [0.2, 0.25) is 0 Å². The second-order valence-corrected chi connectivity index (χ2v) is 4.28. The van der Waals surface area contributed by atoms with Gasteiger partial charge in [-0.3, -0.25) is 0 Å². The summed E-state index contributed by atoms with van der Waals surface area (Å²) in [6, 6.07) is 2.40. The first-order valence-electron chi connectivity index (χ1n) is 4.56. The maximum atomic E-state index is 9.09. The maximum Gasteiger partial charge on any atom is 0.105 e. The van der Waals surface area contributed by atoms with Crippen molar-refractivity contribution in [3.63, 3.8) is 0 Å². The summed E-state index contributed by atoms with van der Waals surface area (Å²) in [4.78, 5) is 0. The van der Waals surface area contributed by atoms with Crippen LogP contribution in [0.4, 0.5) is 0 Å². The summed E-state index contributed by atoms with van der Waals surface area (Å²) in [5, 5.41) is 9.09. The molecule has 0 amide bonds. The molecule has 0 aromatic carbocycles. The molecule has 1 saturated heterocycles. The Balaban J connectivity index is 2.36. The van der Waals surface area contributed by atoms with E-state index < -0.39 is 0 Å². The van der Waals surface area contributed by atoms with E-state index in [0.717, 1.165) is 19.3 Å². The first kappa shape index (κ1) is 8.07. The van der Waals surface area contributed by atoms with Gasteiger partial charge in [-0.15, -0.1) is 0 Å². The molecule has 2 bridgehead atoms. The van der Waals surface area contributed by atoms with E-state index in [1.165, 1.54) is 0 Å². The molecule has 1 saturated carbocycles. The van der Waals surface area contributed by atoms with Crippen LogP contribution in [-0.4, -0.2) is 5.60 Å². The lowest BCUT2D eigenvalue weighted by atomic mass is 9.64. The monoisotopic (exact) mass is 164 g/mol. The number of fused-ring (bicyclic) bond motifs is 2. The summed E-state index contributed by atoms with van der Waals surface area (Å²) in [6.45, 7) is 6.03. The largest absolute Gasteiger partial charge is 0.367 e. The van der Waals surface area contributed by atoms with Crippen molar-refractivity contribution < 1.29 is 4.74 Å². The molecule has 2 heteroatoms. The molecule has 12 heavy (non-hydrogen) atoms. The number of hydrogen-bond donors (Lipinski definition) is 0. The van der Waals surface area contributed by atoms with Gasteiger partial charge in [0.25, 0.3) is 0 Å². The van der Waals surface area contributed by atoms with E-state index in [1.807, 2.05) is 0 Å². The van der Waals surface area contributed by atoms with Crippen LogP contribution in [0.5, 0.6) is 0 Å². The normalized spacial score (nSPS) is 51.9. The first-order valence-corrected chi connectivity index (χ1v) is 4.56. The number of nitrogens with zero attached hydrogens (tertiary/aromatic N) is 1. The Kier molecular flexibility index (Phi) is 1.50. The molecule has 2 nitrogen and oxygen atoms in total. The molecule has 2 rings (SSSR count). The van der Waals surface area contributed by atoms with Crippen LogP contribution < -0.4 is 0 Å². The van der Waals surface area contributed by atoms with Gasteiger partial charge in [-0.1, -0.05) is 6.92 Å². The van der Waals surface area contributed by atoms with Gasteiger partial charge in [0.1, 0.15) is 6.61 Å². The molecule has 65 valence electrons. The maximum absolute atomic E-state index is 9.09. The molecule has 3 unspecified atom stereocenters. The summed E-state index contributed by atoms with van der Waals surface area (Å²) in [5.41, 5.74) is -0.346. The van der Waals surface area contributed by atoms with Crippen LogP contribution in [0.1, 0.15) is 33.1 Å². The van der Waals surface area contributed by atoms with Crippen molar-refractivity contribution in [2.24, 2.45) is 11.3 Å². The van der Waals surface area contributed by atoms with Crippen molar-refractivity contribution in [3.8, 4) is 6.07 Å². The van der Waals surface area contributed by atoms with Crippen LogP contribution in [0.15, 0.2) is 0 Å². The summed E-state index contributed by atoms with van der Waals surface area (Å²) in [5.74, 6) is 0.351. The Morgan fingerprint density at radius 2 is 2.33 bits per heavy atom.